The molecule has 1 fully saturated rings. The summed E-state index contributed by atoms with van der Waals surface area (Å²) in [5.74, 6) is 0.0463. The maximum Gasteiger partial charge on any atom is 0.384 e. The van der Waals surface area contributed by atoms with Gasteiger partial charge in [0.25, 0.3) is 0 Å². The van der Waals surface area contributed by atoms with Crippen LogP contribution < -0.4 is 22.1 Å². The maximum absolute atomic E-state index is 12.1. The van der Waals surface area contributed by atoms with E-state index < -0.39 is 12.2 Å². The summed E-state index contributed by atoms with van der Waals surface area (Å²) in [5.41, 5.74) is 11.9. The standard InChI is InChI=1S/C13H16N2O2.C5H15N2O3PS/c1-2-13(8-7-11(16)15-12(13)17)9-3-5-10(14)6-4-9;6-2-1-3-7-4-5-12-11(8,9)10/h3-6H,2,7-8,14H2,1H3,(H,15,16,17);7H,1-6H2,(H2,8,9,10). The van der Waals surface area contributed by atoms with Crippen LogP contribution in [0.15, 0.2) is 24.3 Å². The topological polar surface area (TPSA) is 168 Å². The van der Waals surface area contributed by atoms with Gasteiger partial charge < -0.3 is 26.6 Å². The van der Waals surface area contributed by atoms with Gasteiger partial charge in [-0.25, -0.2) is 4.57 Å². The van der Waals surface area contributed by atoms with E-state index in [0.717, 1.165) is 18.5 Å². The maximum atomic E-state index is 12.1. The fraction of sp³-hybridized carbons (Fsp3) is 0.556. The molecule has 1 saturated heterocycles. The zero-order valence-electron chi connectivity index (χ0n) is 16.6. The number of carbonyl (C=O) groups is 2. The van der Waals surface area contributed by atoms with Gasteiger partial charge in [-0.2, -0.15) is 0 Å². The van der Waals surface area contributed by atoms with Gasteiger partial charge in [0.05, 0.1) is 5.41 Å². The molecule has 1 aromatic rings. The lowest BCUT2D eigenvalue weighted by Crippen LogP contribution is -2.51. The van der Waals surface area contributed by atoms with Gasteiger partial charge in [-0.3, -0.25) is 14.9 Å². The molecule has 1 aliphatic heterocycles. The highest BCUT2D eigenvalue weighted by molar-refractivity contribution is 8.54. The lowest BCUT2D eigenvalue weighted by molar-refractivity contribution is -0.138. The number of piperidine rings is 1. The molecule has 1 heterocycles. The highest BCUT2D eigenvalue weighted by Crippen LogP contribution is 2.49. The van der Waals surface area contributed by atoms with E-state index in [-0.39, 0.29) is 11.8 Å². The number of imide groups is 1. The Balaban J connectivity index is 0.000000311. The quantitative estimate of drug-likeness (QED) is 0.141. The van der Waals surface area contributed by atoms with E-state index in [9.17, 15) is 14.2 Å². The molecule has 0 bridgehead atoms. The molecule has 1 atom stereocenters. The monoisotopic (exact) mass is 446 g/mol. The predicted molar refractivity (Wildman–Crippen MR) is 116 cm³/mol. The first-order chi connectivity index (χ1) is 13.6. The second-order valence-corrected chi connectivity index (χ2v) is 10.5. The van der Waals surface area contributed by atoms with E-state index >= 15 is 0 Å². The Bertz CT molecular complexity index is 713. The zero-order valence-corrected chi connectivity index (χ0v) is 18.3. The molecule has 29 heavy (non-hydrogen) atoms. The van der Waals surface area contributed by atoms with Crippen molar-refractivity contribution in [3.63, 3.8) is 0 Å². The number of anilines is 1. The highest BCUT2D eigenvalue weighted by atomic mass is 32.7. The Labute approximate surface area is 175 Å². The molecular weight excluding hydrogens is 415 g/mol. The van der Waals surface area contributed by atoms with E-state index in [1.807, 2.05) is 19.1 Å². The molecule has 9 nitrogen and oxygen atoms in total. The van der Waals surface area contributed by atoms with Gasteiger partial charge in [0.1, 0.15) is 0 Å². The molecule has 8 N–H and O–H groups in total. The van der Waals surface area contributed by atoms with Crippen LogP contribution in [0.3, 0.4) is 0 Å². The van der Waals surface area contributed by atoms with Crippen LogP contribution in [-0.4, -0.2) is 47.0 Å². The van der Waals surface area contributed by atoms with Crippen molar-refractivity contribution >= 4 is 35.7 Å². The second kappa shape index (κ2) is 12.3. The molecule has 0 radical (unpaired) electrons. The molecular formula is C18H31N4O5PS. The molecule has 0 aromatic heterocycles. The third kappa shape index (κ3) is 8.86. The fourth-order valence-electron chi connectivity index (χ4n) is 2.96. The fourth-order valence-corrected chi connectivity index (χ4v) is 4.42. The van der Waals surface area contributed by atoms with Gasteiger partial charge in [0.2, 0.25) is 11.8 Å². The molecule has 11 heteroatoms. The lowest BCUT2D eigenvalue weighted by Gasteiger charge is -2.34. The van der Waals surface area contributed by atoms with Crippen molar-refractivity contribution < 1.29 is 23.9 Å². The minimum absolute atomic E-state index is 0.186. The van der Waals surface area contributed by atoms with Crippen molar-refractivity contribution in [3.05, 3.63) is 29.8 Å². The van der Waals surface area contributed by atoms with Crippen molar-refractivity contribution in [2.24, 2.45) is 5.73 Å². The van der Waals surface area contributed by atoms with Gasteiger partial charge in [-0.1, -0.05) is 19.1 Å². The van der Waals surface area contributed by atoms with Crippen LogP contribution in [-0.2, 0) is 19.6 Å². The van der Waals surface area contributed by atoms with E-state index in [4.69, 9.17) is 21.3 Å². The molecule has 0 aliphatic carbocycles. The normalized spacial score (nSPS) is 19.3. The molecule has 1 aromatic carbocycles. The van der Waals surface area contributed by atoms with Crippen LogP contribution >= 0.6 is 18.2 Å². The van der Waals surface area contributed by atoms with E-state index in [1.54, 1.807) is 12.1 Å². The third-order valence-electron chi connectivity index (χ3n) is 4.63. The average Bonchev–Trinajstić information content (AvgIpc) is 2.66. The van der Waals surface area contributed by atoms with Crippen molar-refractivity contribution in [1.29, 1.82) is 0 Å². The van der Waals surface area contributed by atoms with E-state index in [2.05, 4.69) is 10.6 Å². The minimum atomic E-state index is -3.87. The zero-order chi connectivity index (χ0) is 21.9. The third-order valence-corrected chi connectivity index (χ3v) is 6.91. The summed E-state index contributed by atoms with van der Waals surface area (Å²) in [6.45, 7) is 0.143. The van der Waals surface area contributed by atoms with Gasteiger partial charge in [0, 0.05) is 24.4 Å². The number of nitrogens with one attached hydrogen (secondary N) is 2. The average molecular weight is 447 g/mol. The van der Waals surface area contributed by atoms with Crippen molar-refractivity contribution in [1.82, 2.24) is 10.6 Å². The smallest absolute Gasteiger partial charge is 0.384 e. The number of benzene rings is 1. The summed E-state index contributed by atoms with van der Waals surface area (Å²) in [4.78, 5) is 40.2. The summed E-state index contributed by atoms with van der Waals surface area (Å²) >= 11 is 0.665. The molecule has 2 rings (SSSR count). The molecule has 164 valence electrons. The number of nitrogen functional groups attached to an aromatic ring is 1. The van der Waals surface area contributed by atoms with E-state index in [0.29, 0.717) is 55.2 Å². The SMILES string of the molecule is CCC1(c2ccc(N)cc2)CCC(=O)NC1=O.NCCCNCCSP(=O)(O)O. The Morgan fingerprint density at radius 3 is 2.41 bits per heavy atom. The Kier molecular flexibility index (Phi) is 10.9. The first-order valence-corrected chi connectivity index (χ1v) is 12.7. The number of hydrogen-bond acceptors (Lipinski definition) is 7. The summed E-state index contributed by atoms with van der Waals surface area (Å²) in [6.07, 6.45) is 2.53. The summed E-state index contributed by atoms with van der Waals surface area (Å²) in [5, 5.41) is 5.44. The Morgan fingerprint density at radius 2 is 1.90 bits per heavy atom. The lowest BCUT2D eigenvalue weighted by atomic mass is 9.72. The number of hydrogen-bond donors (Lipinski definition) is 6. The number of amides is 2. The van der Waals surface area contributed by atoms with Crippen LogP contribution in [0.1, 0.15) is 38.2 Å². The highest BCUT2D eigenvalue weighted by Gasteiger charge is 2.42. The molecule has 2 amide bonds. The van der Waals surface area contributed by atoms with Crippen LogP contribution in [0.25, 0.3) is 0 Å². The number of carbonyl (C=O) groups excluding carboxylic acids is 2. The Morgan fingerprint density at radius 1 is 1.24 bits per heavy atom. The van der Waals surface area contributed by atoms with Crippen molar-refractivity contribution in [2.75, 3.05) is 31.1 Å². The van der Waals surface area contributed by atoms with Crippen LogP contribution in [0, 0.1) is 0 Å². The summed E-state index contributed by atoms with van der Waals surface area (Å²) < 4.78 is 10.3. The van der Waals surface area contributed by atoms with Gasteiger partial charge in [0.15, 0.2) is 0 Å². The summed E-state index contributed by atoms with van der Waals surface area (Å²) in [6, 6.07) is 7.31. The van der Waals surface area contributed by atoms with E-state index in [1.165, 1.54) is 0 Å². The number of rotatable bonds is 9. The predicted octanol–water partition coefficient (Wildman–Crippen LogP) is 1.10. The van der Waals surface area contributed by atoms with Gasteiger partial charge >= 0.3 is 6.80 Å². The van der Waals surface area contributed by atoms with Crippen LogP contribution in [0.4, 0.5) is 5.69 Å². The van der Waals surface area contributed by atoms with Crippen molar-refractivity contribution in [2.45, 2.75) is 38.0 Å². The van der Waals surface area contributed by atoms with Gasteiger partial charge in [-0.15, -0.1) is 0 Å². The van der Waals surface area contributed by atoms with Crippen LogP contribution in [0.5, 0.6) is 0 Å². The van der Waals surface area contributed by atoms with Crippen LogP contribution in [0.2, 0.25) is 0 Å². The minimum Gasteiger partial charge on any atom is -0.399 e. The first-order valence-electron chi connectivity index (χ1n) is 9.46. The number of nitrogens with two attached hydrogens (primary N) is 2. The van der Waals surface area contributed by atoms with Crippen molar-refractivity contribution in [3.8, 4) is 0 Å². The largest absolute Gasteiger partial charge is 0.399 e. The Hall–Kier alpha value is -1.42. The second-order valence-electron chi connectivity index (χ2n) is 6.65. The van der Waals surface area contributed by atoms with Gasteiger partial charge in [-0.05, 0) is 61.4 Å². The molecule has 1 aliphatic rings. The summed E-state index contributed by atoms with van der Waals surface area (Å²) in [7, 11) is 0. The molecule has 1 unspecified atom stereocenters. The first kappa shape index (κ1) is 25.6. The molecule has 0 saturated carbocycles. The molecule has 0 spiro atoms.